The van der Waals surface area contributed by atoms with Gasteiger partial charge in [-0.05, 0) is 57.0 Å². The Morgan fingerprint density at radius 1 is 1.23 bits per heavy atom. The first-order chi connectivity index (χ1) is 14.3. The number of nitrogens with one attached hydrogen (secondary N) is 1. The van der Waals surface area contributed by atoms with Crippen LogP contribution in [0.1, 0.15) is 44.2 Å². The summed E-state index contributed by atoms with van der Waals surface area (Å²) in [5.74, 6) is -0.363. The van der Waals surface area contributed by atoms with Crippen LogP contribution in [0.2, 0.25) is 0 Å². The van der Waals surface area contributed by atoms with Crippen LogP contribution >= 0.6 is 0 Å². The molecule has 30 heavy (non-hydrogen) atoms. The number of likely N-dealkylation sites (N-methyl/N-ethyl adjacent to an activating group) is 1. The molecule has 2 aliphatic rings. The average molecular weight is 423 g/mol. The van der Waals surface area contributed by atoms with Crippen LogP contribution in [0.5, 0.6) is 5.75 Å². The molecule has 1 aliphatic carbocycles. The van der Waals surface area contributed by atoms with Gasteiger partial charge >= 0.3 is 6.18 Å². The normalized spacial score (nSPS) is 20.3. The van der Waals surface area contributed by atoms with E-state index in [0.29, 0.717) is 6.07 Å². The highest BCUT2D eigenvalue weighted by molar-refractivity contribution is 5.65. The van der Waals surface area contributed by atoms with Crippen LogP contribution in [0.4, 0.5) is 19.0 Å². The van der Waals surface area contributed by atoms with Crippen molar-refractivity contribution < 1.29 is 18.3 Å². The monoisotopic (exact) mass is 423 g/mol. The highest BCUT2D eigenvalue weighted by Crippen LogP contribution is 2.40. The first kappa shape index (κ1) is 20.6. The van der Waals surface area contributed by atoms with Crippen molar-refractivity contribution >= 4 is 5.82 Å². The maximum atomic E-state index is 13.1. The van der Waals surface area contributed by atoms with Gasteiger partial charge in [-0.25, -0.2) is 0 Å². The Morgan fingerprint density at radius 3 is 2.63 bits per heavy atom. The van der Waals surface area contributed by atoms with E-state index in [9.17, 15) is 23.1 Å². The van der Waals surface area contributed by atoms with Gasteiger partial charge in [0.05, 0.1) is 11.1 Å². The molecule has 162 valence electrons. The number of phenols is 1. The van der Waals surface area contributed by atoms with E-state index in [2.05, 4.69) is 27.3 Å². The van der Waals surface area contributed by atoms with Gasteiger partial charge in [-0.3, -0.25) is 9.36 Å². The third-order valence-electron chi connectivity index (χ3n) is 5.67. The van der Waals surface area contributed by atoms with Crippen molar-refractivity contribution in [2.45, 2.75) is 50.9 Å². The van der Waals surface area contributed by atoms with Crippen molar-refractivity contribution in [3.63, 3.8) is 0 Å². The maximum absolute atomic E-state index is 13.1. The predicted molar refractivity (Wildman–Crippen MR) is 105 cm³/mol. The van der Waals surface area contributed by atoms with Gasteiger partial charge < -0.3 is 15.3 Å². The second-order valence-electron chi connectivity index (χ2n) is 7.88. The molecule has 1 atom stereocenters. The van der Waals surface area contributed by atoms with Crippen molar-refractivity contribution in [1.82, 2.24) is 19.7 Å². The minimum absolute atomic E-state index is 0.0564. The van der Waals surface area contributed by atoms with Crippen LogP contribution in [0.3, 0.4) is 0 Å². The number of phenolic OH excluding ortho intramolecular Hbond substituents is 1. The number of aromatic nitrogens is 3. The molecule has 2 N–H and O–H groups in total. The number of likely N-dealkylation sites (tertiary alicyclic amines) is 1. The number of piperidine rings is 1. The minimum atomic E-state index is -4.57. The summed E-state index contributed by atoms with van der Waals surface area (Å²) in [5.41, 5.74) is -1.27. The van der Waals surface area contributed by atoms with E-state index in [-0.39, 0.29) is 34.8 Å². The summed E-state index contributed by atoms with van der Waals surface area (Å²) in [4.78, 5) is 15.4. The Balaban J connectivity index is 1.68. The van der Waals surface area contributed by atoms with E-state index >= 15 is 0 Å². The lowest BCUT2D eigenvalue weighted by atomic mass is 10.1. The standard InChI is InChI=1S/C20H24F3N5O2/c1-2-27-9-3-4-13(11-27)24-17-19(30)28(14-6-7-14)18(26-25-17)15-8-5-12(10-16(15)29)20(21,22)23/h5,8,10,13-14,29H,2-4,6-7,9,11H2,1H3,(H,24,25)/t13-/m1/s1. The number of rotatable bonds is 5. The fourth-order valence-electron chi connectivity index (χ4n) is 3.90. The number of alkyl halides is 3. The number of benzene rings is 1. The van der Waals surface area contributed by atoms with Gasteiger partial charge in [0.25, 0.3) is 5.56 Å². The number of hydrogen-bond acceptors (Lipinski definition) is 6. The molecule has 0 amide bonds. The lowest BCUT2D eigenvalue weighted by Crippen LogP contribution is -2.43. The van der Waals surface area contributed by atoms with Crippen LogP contribution < -0.4 is 10.9 Å². The minimum Gasteiger partial charge on any atom is -0.507 e. The topological polar surface area (TPSA) is 83.3 Å². The maximum Gasteiger partial charge on any atom is 0.416 e. The Hall–Kier alpha value is -2.62. The zero-order chi connectivity index (χ0) is 21.5. The van der Waals surface area contributed by atoms with Crippen molar-refractivity contribution in [1.29, 1.82) is 0 Å². The first-order valence-electron chi connectivity index (χ1n) is 10.2. The molecule has 0 unspecified atom stereocenters. The van der Waals surface area contributed by atoms with Gasteiger partial charge in [0, 0.05) is 18.6 Å². The zero-order valence-corrected chi connectivity index (χ0v) is 16.6. The third kappa shape index (κ3) is 4.14. The molecule has 0 radical (unpaired) electrons. The predicted octanol–water partition coefficient (Wildman–Crippen LogP) is 3.26. The highest BCUT2D eigenvalue weighted by atomic mass is 19.4. The fraction of sp³-hybridized carbons (Fsp3) is 0.550. The van der Waals surface area contributed by atoms with Gasteiger partial charge in [0.1, 0.15) is 5.75 Å². The van der Waals surface area contributed by atoms with Crippen LogP contribution in [-0.2, 0) is 6.18 Å². The molecular formula is C20H24F3N5O2. The Bertz CT molecular complexity index is 987. The zero-order valence-electron chi connectivity index (χ0n) is 16.6. The van der Waals surface area contributed by atoms with Crippen LogP contribution in [0.25, 0.3) is 11.4 Å². The second kappa shape index (κ2) is 7.90. The molecule has 0 bridgehead atoms. The van der Waals surface area contributed by atoms with Gasteiger partial charge in [0.2, 0.25) is 5.82 Å². The van der Waals surface area contributed by atoms with E-state index in [0.717, 1.165) is 57.5 Å². The smallest absolute Gasteiger partial charge is 0.416 e. The molecule has 10 heteroatoms. The third-order valence-corrected chi connectivity index (χ3v) is 5.67. The second-order valence-corrected chi connectivity index (χ2v) is 7.88. The number of halogens is 3. The summed E-state index contributed by atoms with van der Waals surface area (Å²) in [6, 6.07) is 2.63. The van der Waals surface area contributed by atoms with Gasteiger partial charge in [0.15, 0.2) is 5.82 Å². The van der Waals surface area contributed by atoms with E-state index < -0.39 is 17.5 Å². The summed E-state index contributed by atoms with van der Waals surface area (Å²) in [5, 5.41) is 21.6. The van der Waals surface area contributed by atoms with Crippen molar-refractivity contribution in [3.8, 4) is 17.1 Å². The molecule has 7 nitrogen and oxygen atoms in total. The lowest BCUT2D eigenvalue weighted by Gasteiger charge is -2.32. The Kier molecular flexibility index (Phi) is 5.44. The molecule has 1 aromatic heterocycles. The molecule has 1 aliphatic heterocycles. The quantitative estimate of drug-likeness (QED) is 0.768. The largest absolute Gasteiger partial charge is 0.507 e. The summed E-state index contributed by atoms with van der Waals surface area (Å²) < 4.78 is 40.2. The van der Waals surface area contributed by atoms with Gasteiger partial charge in [-0.1, -0.05) is 6.92 Å². The Morgan fingerprint density at radius 2 is 2.00 bits per heavy atom. The first-order valence-corrected chi connectivity index (χ1v) is 10.2. The van der Waals surface area contributed by atoms with E-state index in [1.54, 1.807) is 0 Å². The van der Waals surface area contributed by atoms with Gasteiger partial charge in [-0.2, -0.15) is 13.2 Å². The van der Waals surface area contributed by atoms with Crippen molar-refractivity contribution in [3.05, 3.63) is 34.1 Å². The van der Waals surface area contributed by atoms with Crippen LogP contribution in [-0.4, -0.2) is 50.4 Å². The molecule has 1 saturated carbocycles. The summed E-state index contributed by atoms with van der Waals surface area (Å²) >= 11 is 0. The average Bonchev–Trinajstić information content (AvgIpc) is 3.54. The van der Waals surface area contributed by atoms with Crippen molar-refractivity contribution in [2.75, 3.05) is 25.0 Å². The molecule has 2 aromatic rings. The number of nitrogens with zero attached hydrogens (tertiary/aromatic N) is 4. The molecule has 1 aromatic carbocycles. The van der Waals surface area contributed by atoms with E-state index in [4.69, 9.17) is 0 Å². The summed E-state index contributed by atoms with van der Waals surface area (Å²) in [7, 11) is 0. The molecule has 4 rings (SSSR count). The Labute approximate surface area is 171 Å². The molecule has 1 saturated heterocycles. The van der Waals surface area contributed by atoms with E-state index in [1.807, 2.05) is 0 Å². The molecule has 2 fully saturated rings. The number of anilines is 1. The molecular weight excluding hydrogens is 399 g/mol. The molecule has 0 spiro atoms. The van der Waals surface area contributed by atoms with Crippen molar-refractivity contribution in [2.24, 2.45) is 0 Å². The van der Waals surface area contributed by atoms with Crippen LogP contribution in [0.15, 0.2) is 23.0 Å². The van der Waals surface area contributed by atoms with E-state index in [1.165, 1.54) is 4.57 Å². The fourth-order valence-corrected chi connectivity index (χ4v) is 3.90. The number of aromatic hydroxyl groups is 1. The SMILES string of the molecule is CCN1CCC[C@@H](Nc2nnc(-c3ccc(C(F)(F)F)cc3O)n(C3CC3)c2=O)C1. The molecule has 2 heterocycles. The summed E-state index contributed by atoms with van der Waals surface area (Å²) in [6.07, 6.45) is -1.09. The summed E-state index contributed by atoms with van der Waals surface area (Å²) in [6.45, 7) is 4.86. The van der Waals surface area contributed by atoms with Gasteiger partial charge in [-0.15, -0.1) is 10.2 Å². The lowest BCUT2D eigenvalue weighted by molar-refractivity contribution is -0.137. The highest BCUT2D eigenvalue weighted by Gasteiger charge is 2.34. The number of hydrogen-bond donors (Lipinski definition) is 2. The van der Waals surface area contributed by atoms with Crippen LogP contribution in [0, 0.1) is 0 Å².